The third kappa shape index (κ3) is 42.4. The molecule has 1 atom stereocenters. The molecule has 296 valence electrons. The Kier molecular flexibility index (Phi) is 42.6. The maximum atomic E-state index is 12.2. The van der Waals surface area contributed by atoms with Crippen LogP contribution in [0.3, 0.4) is 0 Å². The smallest absolute Gasteiger partial charge is 0.306 e. The van der Waals surface area contributed by atoms with Crippen LogP contribution in [0, 0.1) is 0 Å². The predicted molar refractivity (Wildman–Crippen MR) is 223 cm³/mol. The summed E-state index contributed by atoms with van der Waals surface area (Å²) in [4.78, 5) is 12.2. The number of unbranched alkanes of at least 4 members (excludes halogenated alkanes) is 22. The average Bonchev–Trinajstić information content (AvgIpc) is 3.14. The molecule has 0 amide bonds. The van der Waals surface area contributed by atoms with Crippen molar-refractivity contribution in [2.75, 3.05) is 19.8 Å². The maximum absolute atomic E-state index is 12.2. The number of carbonyl (C=O) groups is 1. The molecule has 0 aliphatic heterocycles. The number of aliphatic hydroxyl groups excluding tert-OH is 1. The molecule has 0 heterocycles. The summed E-state index contributed by atoms with van der Waals surface area (Å²) in [7, 11) is 0. The van der Waals surface area contributed by atoms with Gasteiger partial charge in [0.15, 0.2) is 0 Å². The Morgan fingerprint density at radius 2 is 0.882 bits per heavy atom. The summed E-state index contributed by atoms with van der Waals surface area (Å²) in [6.07, 6.45) is 58.5. The van der Waals surface area contributed by atoms with Crippen molar-refractivity contribution in [2.45, 2.75) is 213 Å². The van der Waals surface area contributed by atoms with Gasteiger partial charge in [-0.15, -0.1) is 0 Å². The zero-order chi connectivity index (χ0) is 37.0. The van der Waals surface area contributed by atoms with Crippen LogP contribution < -0.4 is 0 Å². The minimum atomic E-state index is -0.539. The lowest BCUT2D eigenvalue weighted by atomic mass is 10.0. The third-order valence-electron chi connectivity index (χ3n) is 9.33. The first-order chi connectivity index (χ1) is 25.2. The number of allylic oxidation sites excluding steroid dienone is 10. The van der Waals surface area contributed by atoms with Gasteiger partial charge < -0.3 is 14.6 Å². The van der Waals surface area contributed by atoms with Crippen molar-refractivity contribution in [3.63, 3.8) is 0 Å². The van der Waals surface area contributed by atoms with Gasteiger partial charge in [0.2, 0.25) is 0 Å². The Labute approximate surface area is 317 Å². The lowest BCUT2D eigenvalue weighted by molar-refractivity contribution is -0.154. The topological polar surface area (TPSA) is 55.8 Å². The van der Waals surface area contributed by atoms with Gasteiger partial charge in [-0.25, -0.2) is 0 Å². The number of aliphatic hydroxyl groups is 1. The van der Waals surface area contributed by atoms with E-state index in [2.05, 4.69) is 74.6 Å². The fraction of sp³-hybridized carbons (Fsp3) is 0.766. The molecular weight excluding hydrogens is 629 g/mol. The van der Waals surface area contributed by atoms with E-state index in [4.69, 9.17) is 9.47 Å². The van der Waals surface area contributed by atoms with Gasteiger partial charge in [-0.3, -0.25) is 4.79 Å². The summed E-state index contributed by atoms with van der Waals surface area (Å²) in [5, 5.41) is 9.60. The lowest BCUT2D eigenvalue weighted by Gasteiger charge is -2.15. The molecule has 0 aliphatic carbocycles. The standard InChI is InChI=1S/C47H84O4/c1-3-5-7-9-11-13-15-17-19-20-21-22-23-24-25-26-27-28-29-30-32-34-36-38-40-42-47(49)51-46(44-48)45-50-43-41-39-37-35-33-31-18-16-14-12-10-8-6-4-2/h5,7,11,13-14,16-17,19,21-22,46,48H,3-4,6,8-10,12,15,18,20,23-45H2,1-2H3/b7-5-,13-11-,16-14-,19-17-,22-21-. The van der Waals surface area contributed by atoms with Crippen LogP contribution in [-0.4, -0.2) is 37.0 Å². The van der Waals surface area contributed by atoms with Crippen molar-refractivity contribution in [2.24, 2.45) is 0 Å². The first kappa shape index (κ1) is 49.1. The van der Waals surface area contributed by atoms with Gasteiger partial charge in [0.1, 0.15) is 6.10 Å². The summed E-state index contributed by atoms with van der Waals surface area (Å²) in [6, 6.07) is 0. The highest BCUT2D eigenvalue weighted by Gasteiger charge is 2.13. The van der Waals surface area contributed by atoms with E-state index in [-0.39, 0.29) is 12.6 Å². The molecule has 0 aromatic carbocycles. The van der Waals surface area contributed by atoms with Gasteiger partial charge in [-0.1, -0.05) is 184 Å². The van der Waals surface area contributed by atoms with Crippen molar-refractivity contribution >= 4 is 5.97 Å². The Hall–Kier alpha value is -1.91. The molecule has 1 N–H and O–H groups in total. The number of carbonyl (C=O) groups excluding carboxylic acids is 1. The summed E-state index contributed by atoms with van der Waals surface area (Å²) in [6.45, 7) is 5.21. The van der Waals surface area contributed by atoms with Crippen LogP contribution in [0.4, 0.5) is 0 Å². The Morgan fingerprint density at radius 1 is 0.490 bits per heavy atom. The Balaban J connectivity index is 3.43. The molecule has 0 aliphatic rings. The molecule has 0 saturated carbocycles. The summed E-state index contributed by atoms with van der Waals surface area (Å²) in [5.41, 5.74) is 0. The van der Waals surface area contributed by atoms with Crippen LogP contribution in [0.5, 0.6) is 0 Å². The molecule has 0 radical (unpaired) electrons. The molecule has 0 aromatic rings. The van der Waals surface area contributed by atoms with E-state index in [0.29, 0.717) is 19.6 Å². The third-order valence-corrected chi connectivity index (χ3v) is 9.33. The quantitative estimate of drug-likeness (QED) is 0.0390. The Morgan fingerprint density at radius 3 is 1.35 bits per heavy atom. The first-order valence-electron chi connectivity index (χ1n) is 21.9. The molecule has 0 spiro atoms. The van der Waals surface area contributed by atoms with E-state index in [1.54, 1.807) is 0 Å². The molecular formula is C47H84O4. The normalized spacial score (nSPS) is 12.9. The van der Waals surface area contributed by atoms with Crippen molar-refractivity contribution in [1.29, 1.82) is 0 Å². The van der Waals surface area contributed by atoms with E-state index >= 15 is 0 Å². The van der Waals surface area contributed by atoms with Gasteiger partial charge >= 0.3 is 5.97 Å². The molecule has 4 nitrogen and oxygen atoms in total. The molecule has 1 unspecified atom stereocenters. The van der Waals surface area contributed by atoms with Crippen molar-refractivity contribution in [3.05, 3.63) is 60.8 Å². The van der Waals surface area contributed by atoms with Gasteiger partial charge in [-0.2, -0.15) is 0 Å². The molecule has 0 saturated heterocycles. The maximum Gasteiger partial charge on any atom is 0.306 e. The molecule has 0 rings (SSSR count). The monoisotopic (exact) mass is 713 g/mol. The number of rotatable bonds is 40. The average molecular weight is 713 g/mol. The van der Waals surface area contributed by atoms with Crippen molar-refractivity contribution in [1.82, 2.24) is 0 Å². The zero-order valence-corrected chi connectivity index (χ0v) is 33.9. The second kappa shape index (κ2) is 44.3. The fourth-order valence-corrected chi connectivity index (χ4v) is 6.08. The van der Waals surface area contributed by atoms with Crippen LogP contribution in [0.25, 0.3) is 0 Å². The van der Waals surface area contributed by atoms with E-state index in [1.165, 1.54) is 141 Å². The predicted octanol–water partition coefficient (Wildman–Crippen LogP) is 14.4. The highest BCUT2D eigenvalue weighted by Crippen LogP contribution is 2.14. The van der Waals surface area contributed by atoms with Crippen LogP contribution in [0.1, 0.15) is 206 Å². The summed E-state index contributed by atoms with van der Waals surface area (Å²) >= 11 is 0. The summed E-state index contributed by atoms with van der Waals surface area (Å²) < 4.78 is 11.2. The van der Waals surface area contributed by atoms with Gasteiger partial charge in [0.25, 0.3) is 0 Å². The minimum absolute atomic E-state index is 0.176. The first-order valence-corrected chi connectivity index (χ1v) is 21.9. The van der Waals surface area contributed by atoms with E-state index in [9.17, 15) is 9.90 Å². The van der Waals surface area contributed by atoms with Crippen molar-refractivity contribution < 1.29 is 19.4 Å². The summed E-state index contributed by atoms with van der Waals surface area (Å²) in [5.74, 6) is -0.206. The van der Waals surface area contributed by atoms with Gasteiger partial charge in [0.05, 0.1) is 13.2 Å². The fourth-order valence-electron chi connectivity index (χ4n) is 6.08. The SMILES string of the molecule is CC/C=C\C/C=C\C/C=C\C/C=C\CCCCCCCCCCCCCCC(=O)OC(CO)COCCCCCCCC/C=C\CCCCCC. The molecule has 51 heavy (non-hydrogen) atoms. The molecule has 0 aromatic heterocycles. The largest absolute Gasteiger partial charge is 0.457 e. The van der Waals surface area contributed by atoms with Crippen LogP contribution in [0.2, 0.25) is 0 Å². The zero-order valence-electron chi connectivity index (χ0n) is 33.9. The van der Waals surface area contributed by atoms with Crippen LogP contribution >= 0.6 is 0 Å². The molecule has 0 fully saturated rings. The highest BCUT2D eigenvalue weighted by atomic mass is 16.6. The lowest BCUT2D eigenvalue weighted by Crippen LogP contribution is -2.27. The van der Waals surface area contributed by atoms with Gasteiger partial charge in [0, 0.05) is 13.0 Å². The highest BCUT2D eigenvalue weighted by molar-refractivity contribution is 5.69. The van der Waals surface area contributed by atoms with E-state index < -0.39 is 6.10 Å². The van der Waals surface area contributed by atoms with Gasteiger partial charge in [-0.05, 0) is 77.0 Å². The van der Waals surface area contributed by atoms with Crippen molar-refractivity contribution in [3.8, 4) is 0 Å². The molecule has 0 bridgehead atoms. The second-order valence-electron chi connectivity index (χ2n) is 14.4. The number of esters is 1. The number of hydrogen-bond acceptors (Lipinski definition) is 4. The number of ether oxygens (including phenoxy) is 2. The Bertz CT molecular complexity index is 839. The second-order valence-corrected chi connectivity index (χ2v) is 14.4. The molecule has 4 heteroatoms. The van der Waals surface area contributed by atoms with E-state index in [0.717, 1.165) is 44.9 Å². The number of hydrogen-bond donors (Lipinski definition) is 1. The van der Waals surface area contributed by atoms with E-state index in [1.807, 2.05) is 0 Å². The van der Waals surface area contributed by atoms with Crippen LogP contribution in [-0.2, 0) is 14.3 Å². The van der Waals surface area contributed by atoms with Crippen LogP contribution in [0.15, 0.2) is 60.8 Å². The minimum Gasteiger partial charge on any atom is -0.457 e.